The summed E-state index contributed by atoms with van der Waals surface area (Å²) in [6, 6.07) is 3.54. The summed E-state index contributed by atoms with van der Waals surface area (Å²) in [6.45, 7) is 2.83. The fraction of sp³-hybridized carbons (Fsp3) is 0.444. The van der Waals surface area contributed by atoms with Gasteiger partial charge in [-0.3, -0.25) is 0 Å². The van der Waals surface area contributed by atoms with Crippen LogP contribution in [0.3, 0.4) is 0 Å². The number of aliphatic hydroxyl groups excluding tert-OH is 1. The monoisotopic (exact) mass is 200 g/mol. The zero-order valence-corrected chi connectivity index (χ0v) is 8.30. The third-order valence-electron chi connectivity index (χ3n) is 1.62. The van der Waals surface area contributed by atoms with Gasteiger partial charge in [-0.05, 0) is 18.6 Å². The second kappa shape index (κ2) is 5.04. The number of hydrogen-bond acceptors (Lipinski definition) is 3. The Morgan fingerprint density at radius 1 is 1.54 bits per heavy atom. The molecular formula is C9H13ClN2O. The van der Waals surface area contributed by atoms with Crippen molar-refractivity contribution in [3.63, 3.8) is 0 Å². The Balaban J connectivity index is 2.74. The van der Waals surface area contributed by atoms with Gasteiger partial charge in [0.1, 0.15) is 5.82 Å². The van der Waals surface area contributed by atoms with Crippen LogP contribution in [0, 0.1) is 0 Å². The number of aliphatic hydroxyl groups is 1. The second-order valence-corrected chi connectivity index (χ2v) is 3.12. The lowest BCUT2D eigenvalue weighted by Gasteiger charge is -2.05. The normalized spacial score (nSPS) is 10.1. The molecule has 0 fully saturated rings. The highest BCUT2D eigenvalue weighted by molar-refractivity contribution is 6.31. The highest BCUT2D eigenvalue weighted by atomic mass is 35.5. The molecule has 0 spiro atoms. The van der Waals surface area contributed by atoms with E-state index in [1.165, 1.54) is 0 Å². The Kier molecular flexibility index (Phi) is 3.99. The molecule has 1 heterocycles. The van der Waals surface area contributed by atoms with Crippen LogP contribution in [0.4, 0.5) is 5.82 Å². The smallest absolute Gasteiger partial charge is 0.126 e. The van der Waals surface area contributed by atoms with Crippen molar-refractivity contribution >= 4 is 17.4 Å². The Bertz CT molecular complexity index is 278. The van der Waals surface area contributed by atoms with Gasteiger partial charge < -0.3 is 10.4 Å². The van der Waals surface area contributed by atoms with Gasteiger partial charge in [0.05, 0.1) is 17.3 Å². The Hall–Kier alpha value is -0.800. The summed E-state index contributed by atoms with van der Waals surface area (Å²) in [6.07, 6.45) is 1.04. The van der Waals surface area contributed by atoms with Crippen molar-refractivity contribution in [3.8, 4) is 0 Å². The van der Waals surface area contributed by atoms with Crippen molar-refractivity contribution < 1.29 is 5.11 Å². The zero-order chi connectivity index (χ0) is 9.68. The first-order valence-electron chi connectivity index (χ1n) is 4.28. The molecule has 0 radical (unpaired) electrons. The fourth-order valence-corrected chi connectivity index (χ4v) is 1.11. The van der Waals surface area contributed by atoms with Crippen LogP contribution in [-0.4, -0.2) is 16.6 Å². The molecule has 0 amide bonds. The lowest BCUT2D eigenvalue weighted by Crippen LogP contribution is -2.03. The molecule has 4 heteroatoms. The number of nitrogens with zero attached hydrogens (tertiary/aromatic N) is 1. The van der Waals surface area contributed by atoms with E-state index >= 15 is 0 Å². The maximum Gasteiger partial charge on any atom is 0.126 e. The molecule has 0 aliphatic rings. The number of anilines is 1. The van der Waals surface area contributed by atoms with Crippen molar-refractivity contribution in [2.24, 2.45) is 0 Å². The topological polar surface area (TPSA) is 45.1 Å². The molecule has 0 aliphatic heterocycles. The summed E-state index contributed by atoms with van der Waals surface area (Å²) in [7, 11) is 0. The lowest BCUT2D eigenvalue weighted by molar-refractivity contribution is 0.277. The number of nitrogens with one attached hydrogen (secondary N) is 1. The first-order valence-corrected chi connectivity index (χ1v) is 4.66. The molecule has 72 valence electrons. The van der Waals surface area contributed by atoms with E-state index in [2.05, 4.69) is 17.2 Å². The number of aromatic nitrogens is 1. The van der Waals surface area contributed by atoms with Crippen LogP contribution in [0.25, 0.3) is 0 Å². The van der Waals surface area contributed by atoms with Gasteiger partial charge >= 0.3 is 0 Å². The van der Waals surface area contributed by atoms with Gasteiger partial charge in [0.2, 0.25) is 0 Å². The second-order valence-electron chi connectivity index (χ2n) is 2.71. The standard InChI is InChI=1S/C9H13ClN2O/c1-2-5-11-9-4-3-7(10)8(6-13)12-9/h3-4,13H,2,5-6H2,1H3,(H,11,12). The van der Waals surface area contributed by atoms with Crippen molar-refractivity contribution in [1.29, 1.82) is 0 Å². The van der Waals surface area contributed by atoms with E-state index in [0.717, 1.165) is 18.8 Å². The van der Waals surface area contributed by atoms with Crippen LogP contribution in [0.2, 0.25) is 5.02 Å². The largest absolute Gasteiger partial charge is 0.390 e. The van der Waals surface area contributed by atoms with E-state index in [-0.39, 0.29) is 6.61 Å². The predicted octanol–water partition coefficient (Wildman–Crippen LogP) is 2.05. The third kappa shape index (κ3) is 2.86. The highest BCUT2D eigenvalue weighted by Crippen LogP contribution is 2.16. The van der Waals surface area contributed by atoms with Gasteiger partial charge in [0.25, 0.3) is 0 Å². The van der Waals surface area contributed by atoms with Crippen LogP contribution >= 0.6 is 11.6 Å². The van der Waals surface area contributed by atoms with Crippen LogP contribution in [0.1, 0.15) is 19.0 Å². The van der Waals surface area contributed by atoms with Gasteiger partial charge in [-0.25, -0.2) is 4.98 Å². The molecule has 1 aromatic heterocycles. The summed E-state index contributed by atoms with van der Waals surface area (Å²) in [5.41, 5.74) is 0.516. The Morgan fingerprint density at radius 3 is 2.92 bits per heavy atom. The minimum atomic E-state index is -0.125. The molecule has 1 rings (SSSR count). The van der Waals surface area contributed by atoms with E-state index in [0.29, 0.717) is 10.7 Å². The third-order valence-corrected chi connectivity index (χ3v) is 1.97. The van der Waals surface area contributed by atoms with Crippen molar-refractivity contribution in [2.75, 3.05) is 11.9 Å². The first-order chi connectivity index (χ1) is 6.27. The van der Waals surface area contributed by atoms with Crippen LogP contribution < -0.4 is 5.32 Å². The maximum atomic E-state index is 8.89. The average molecular weight is 201 g/mol. The molecule has 2 N–H and O–H groups in total. The fourth-order valence-electron chi connectivity index (χ4n) is 0.947. The molecular weight excluding hydrogens is 188 g/mol. The van der Waals surface area contributed by atoms with Gasteiger partial charge in [-0.2, -0.15) is 0 Å². The molecule has 0 aromatic carbocycles. The van der Waals surface area contributed by atoms with Gasteiger partial charge in [-0.1, -0.05) is 18.5 Å². The van der Waals surface area contributed by atoms with Gasteiger partial charge in [0.15, 0.2) is 0 Å². The van der Waals surface area contributed by atoms with E-state index in [1.54, 1.807) is 12.1 Å². The molecule has 3 nitrogen and oxygen atoms in total. The highest BCUT2D eigenvalue weighted by Gasteiger charge is 2.01. The summed E-state index contributed by atoms with van der Waals surface area (Å²) >= 11 is 5.78. The van der Waals surface area contributed by atoms with E-state index < -0.39 is 0 Å². The quantitative estimate of drug-likeness (QED) is 0.782. The van der Waals surface area contributed by atoms with Gasteiger partial charge in [0, 0.05) is 6.54 Å². The number of rotatable bonds is 4. The van der Waals surface area contributed by atoms with E-state index in [9.17, 15) is 0 Å². The summed E-state index contributed by atoms with van der Waals surface area (Å²) in [5.74, 6) is 0.760. The SMILES string of the molecule is CCCNc1ccc(Cl)c(CO)n1. The summed E-state index contributed by atoms with van der Waals surface area (Å²) in [4.78, 5) is 4.14. The first kappa shape index (κ1) is 10.3. The molecule has 0 atom stereocenters. The van der Waals surface area contributed by atoms with Crippen LogP contribution in [0.15, 0.2) is 12.1 Å². The van der Waals surface area contributed by atoms with E-state index in [4.69, 9.17) is 16.7 Å². The lowest BCUT2D eigenvalue weighted by atomic mass is 10.3. The molecule has 0 saturated heterocycles. The molecule has 0 saturated carbocycles. The molecule has 0 unspecified atom stereocenters. The summed E-state index contributed by atoms with van der Waals surface area (Å²) in [5, 5.41) is 12.5. The molecule has 13 heavy (non-hydrogen) atoms. The Morgan fingerprint density at radius 2 is 2.31 bits per heavy atom. The molecule has 0 aliphatic carbocycles. The van der Waals surface area contributed by atoms with Crippen molar-refractivity contribution in [2.45, 2.75) is 20.0 Å². The summed E-state index contributed by atoms with van der Waals surface area (Å²) < 4.78 is 0. The number of halogens is 1. The number of hydrogen-bond donors (Lipinski definition) is 2. The minimum absolute atomic E-state index is 0.125. The number of pyridine rings is 1. The zero-order valence-electron chi connectivity index (χ0n) is 7.55. The minimum Gasteiger partial charge on any atom is -0.390 e. The molecule has 0 bridgehead atoms. The predicted molar refractivity (Wildman–Crippen MR) is 54.0 cm³/mol. The van der Waals surface area contributed by atoms with E-state index in [1.807, 2.05) is 0 Å². The van der Waals surface area contributed by atoms with Crippen LogP contribution in [-0.2, 0) is 6.61 Å². The van der Waals surface area contributed by atoms with Gasteiger partial charge in [-0.15, -0.1) is 0 Å². The molecule has 1 aromatic rings. The maximum absolute atomic E-state index is 8.89. The van der Waals surface area contributed by atoms with Crippen LogP contribution in [0.5, 0.6) is 0 Å². The van der Waals surface area contributed by atoms with Crippen molar-refractivity contribution in [1.82, 2.24) is 4.98 Å². The Labute approximate surface area is 82.8 Å². The van der Waals surface area contributed by atoms with Crippen molar-refractivity contribution in [3.05, 3.63) is 22.8 Å². The average Bonchev–Trinajstić information content (AvgIpc) is 2.16.